The van der Waals surface area contributed by atoms with Gasteiger partial charge >= 0.3 is 0 Å². The second kappa shape index (κ2) is 13.3. The van der Waals surface area contributed by atoms with Crippen LogP contribution < -0.4 is 20.1 Å². The van der Waals surface area contributed by atoms with Crippen molar-refractivity contribution < 1.29 is 37.4 Å². The molecule has 41 heavy (non-hydrogen) atoms. The summed E-state index contributed by atoms with van der Waals surface area (Å²) in [7, 11) is 0. The number of anilines is 2. The molecule has 1 saturated heterocycles. The topological polar surface area (TPSA) is 114 Å². The number of para-hydroxylation sites is 1. The molecule has 0 atom stereocenters. The number of rotatable bonds is 10. The highest BCUT2D eigenvalue weighted by atomic mass is 35.5. The Kier molecular flexibility index (Phi) is 9.58. The Hall–Kier alpha value is -4.42. The summed E-state index contributed by atoms with van der Waals surface area (Å²) >= 11 is 7.04. The molecular formula is C28H22ClF2N3O6S. The molecule has 9 nitrogen and oxygen atoms in total. The van der Waals surface area contributed by atoms with Gasteiger partial charge in [0.15, 0.2) is 18.1 Å². The van der Waals surface area contributed by atoms with Crippen LogP contribution in [0.4, 0.5) is 25.0 Å². The molecule has 1 heterocycles. The van der Waals surface area contributed by atoms with Crippen molar-refractivity contribution in [3.63, 3.8) is 0 Å². The summed E-state index contributed by atoms with van der Waals surface area (Å²) in [6.45, 7) is 0.924. The molecule has 0 spiro atoms. The minimum absolute atomic E-state index is 0.0274. The zero-order valence-electron chi connectivity index (χ0n) is 21.4. The highest BCUT2D eigenvalue weighted by Crippen LogP contribution is 2.39. The van der Waals surface area contributed by atoms with Gasteiger partial charge in [-0.3, -0.25) is 24.1 Å². The molecule has 4 amide bonds. The van der Waals surface area contributed by atoms with Crippen LogP contribution in [0, 0.1) is 11.6 Å². The first-order chi connectivity index (χ1) is 19.6. The number of carbonyl (C=O) groups is 4. The Morgan fingerprint density at radius 1 is 1.00 bits per heavy atom. The van der Waals surface area contributed by atoms with Gasteiger partial charge in [-0.25, -0.2) is 8.78 Å². The third kappa shape index (κ3) is 7.62. The molecule has 0 aliphatic carbocycles. The van der Waals surface area contributed by atoms with Gasteiger partial charge in [-0.1, -0.05) is 23.7 Å². The molecule has 0 aromatic heterocycles. The van der Waals surface area contributed by atoms with Crippen molar-refractivity contribution in [1.82, 2.24) is 4.90 Å². The van der Waals surface area contributed by atoms with Crippen molar-refractivity contribution in [2.75, 3.05) is 30.4 Å². The van der Waals surface area contributed by atoms with Gasteiger partial charge in [0.2, 0.25) is 5.91 Å². The van der Waals surface area contributed by atoms with E-state index in [1.54, 1.807) is 6.92 Å². The van der Waals surface area contributed by atoms with E-state index in [1.165, 1.54) is 66.7 Å². The van der Waals surface area contributed by atoms with Crippen LogP contribution in [-0.4, -0.2) is 47.6 Å². The maximum atomic E-state index is 13.8. The Balaban J connectivity index is 1.45. The van der Waals surface area contributed by atoms with Gasteiger partial charge in [-0.2, -0.15) is 0 Å². The van der Waals surface area contributed by atoms with Crippen LogP contribution in [-0.2, 0) is 14.4 Å². The Bertz CT molecular complexity index is 1530. The predicted molar refractivity (Wildman–Crippen MR) is 151 cm³/mol. The number of nitrogens with zero attached hydrogens (tertiary/aromatic N) is 1. The molecule has 0 radical (unpaired) electrons. The van der Waals surface area contributed by atoms with E-state index in [9.17, 15) is 28.0 Å². The minimum atomic E-state index is -0.745. The second-order valence-corrected chi connectivity index (χ2v) is 9.80. The summed E-state index contributed by atoms with van der Waals surface area (Å²) in [6, 6.07) is 13.7. The van der Waals surface area contributed by atoms with E-state index >= 15 is 0 Å². The molecule has 3 aromatic carbocycles. The van der Waals surface area contributed by atoms with Gasteiger partial charge in [-0.15, -0.1) is 0 Å². The summed E-state index contributed by atoms with van der Waals surface area (Å²) in [5, 5.41) is 4.29. The standard InChI is InChI=1S/C28H22ClF2N3O6S/c1-2-39-22-12-16(11-19(29)26(22)40-15-25(36)32-18-9-7-17(30)8-10-18)13-23-27(37)34(28(38)41-23)14-24(35)33-21-6-4-3-5-20(21)31/h3-13H,2,14-15H2,1H3,(H,32,36)(H,33,35)/b23-13-. The lowest BCUT2D eigenvalue weighted by Gasteiger charge is -2.15. The fourth-order valence-electron chi connectivity index (χ4n) is 3.63. The highest BCUT2D eigenvalue weighted by Gasteiger charge is 2.36. The molecule has 13 heteroatoms. The number of hydrogen-bond donors (Lipinski definition) is 2. The number of thioether (sulfide) groups is 1. The van der Waals surface area contributed by atoms with Crippen molar-refractivity contribution >= 4 is 63.8 Å². The van der Waals surface area contributed by atoms with E-state index in [1.807, 2.05) is 0 Å². The Morgan fingerprint density at radius 2 is 1.73 bits per heavy atom. The number of benzene rings is 3. The van der Waals surface area contributed by atoms with Crippen LogP contribution in [0.15, 0.2) is 65.6 Å². The fourth-order valence-corrected chi connectivity index (χ4v) is 4.74. The van der Waals surface area contributed by atoms with E-state index in [0.717, 1.165) is 4.90 Å². The Morgan fingerprint density at radius 3 is 2.44 bits per heavy atom. The maximum absolute atomic E-state index is 13.8. The third-order valence-corrected chi connectivity index (χ3v) is 6.62. The number of halogens is 3. The lowest BCUT2D eigenvalue weighted by molar-refractivity contribution is -0.127. The number of imide groups is 1. The molecule has 212 valence electrons. The van der Waals surface area contributed by atoms with Gasteiger partial charge < -0.3 is 20.1 Å². The van der Waals surface area contributed by atoms with E-state index in [-0.39, 0.29) is 33.7 Å². The van der Waals surface area contributed by atoms with Gasteiger partial charge in [0.1, 0.15) is 18.2 Å². The van der Waals surface area contributed by atoms with Gasteiger partial charge in [0, 0.05) is 5.69 Å². The van der Waals surface area contributed by atoms with Crippen molar-refractivity contribution in [3.8, 4) is 11.5 Å². The smallest absolute Gasteiger partial charge is 0.294 e. The van der Waals surface area contributed by atoms with E-state index in [2.05, 4.69) is 10.6 Å². The molecule has 2 N–H and O–H groups in total. The largest absolute Gasteiger partial charge is 0.490 e. The molecule has 1 aliphatic rings. The summed E-state index contributed by atoms with van der Waals surface area (Å²) in [5.74, 6) is -2.81. The zero-order valence-corrected chi connectivity index (χ0v) is 23.0. The molecule has 0 bridgehead atoms. The summed E-state index contributed by atoms with van der Waals surface area (Å²) < 4.78 is 38.1. The Labute approximate surface area is 242 Å². The van der Waals surface area contributed by atoms with Crippen molar-refractivity contribution in [1.29, 1.82) is 0 Å². The minimum Gasteiger partial charge on any atom is -0.490 e. The summed E-state index contributed by atoms with van der Waals surface area (Å²) in [4.78, 5) is 50.8. The third-order valence-electron chi connectivity index (χ3n) is 5.43. The van der Waals surface area contributed by atoms with E-state index in [0.29, 0.717) is 23.0 Å². The van der Waals surface area contributed by atoms with Gasteiger partial charge in [0.25, 0.3) is 17.1 Å². The van der Waals surface area contributed by atoms with Crippen molar-refractivity contribution in [2.45, 2.75) is 6.92 Å². The number of nitrogens with one attached hydrogen (secondary N) is 2. The van der Waals surface area contributed by atoms with Crippen LogP contribution in [0.1, 0.15) is 12.5 Å². The van der Waals surface area contributed by atoms with Crippen LogP contribution in [0.3, 0.4) is 0 Å². The first-order valence-electron chi connectivity index (χ1n) is 12.1. The van der Waals surface area contributed by atoms with Crippen LogP contribution in [0.5, 0.6) is 11.5 Å². The predicted octanol–water partition coefficient (Wildman–Crippen LogP) is 5.71. The maximum Gasteiger partial charge on any atom is 0.294 e. The lowest BCUT2D eigenvalue weighted by atomic mass is 10.1. The molecule has 0 saturated carbocycles. The zero-order chi connectivity index (χ0) is 29.5. The molecule has 1 fully saturated rings. The summed E-state index contributed by atoms with van der Waals surface area (Å²) in [6.07, 6.45) is 1.40. The second-order valence-electron chi connectivity index (χ2n) is 8.40. The van der Waals surface area contributed by atoms with Gasteiger partial charge in [-0.05, 0) is 78.9 Å². The number of amides is 4. The van der Waals surface area contributed by atoms with Crippen LogP contribution in [0.2, 0.25) is 5.02 Å². The molecule has 0 unspecified atom stereocenters. The molecule has 1 aliphatic heterocycles. The van der Waals surface area contributed by atoms with E-state index in [4.69, 9.17) is 21.1 Å². The summed E-state index contributed by atoms with van der Waals surface area (Å²) in [5.41, 5.74) is 0.696. The number of carbonyl (C=O) groups excluding carboxylic acids is 4. The van der Waals surface area contributed by atoms with E-state index < -0.39 is 47.7 Å². The monoisotopic (exact) mass is 601 g/mol. The van der Waals surface area contributed by atoms with Gasteiger partial charge in [0.05, 0.1) is 22.2 Å². The van der Waals surface area contributed by atoms with Crippen LogP contribution >= 0.6 is 23.4 Å². The quantitative estimate of drug-likeness (QED) is 0.286. The average Bonchev–Trinajstić information content (AvgIpc) is 3.18. The lowest BCUT2D eigenvalue weighted by Crippen LogP contribution is -2.36. The number of ether oxygens (including phenoxy) is 2. The fraction of sp³-hybridized carbons (Fsp3) is 0.143. The molecule has 4 rings (SSSR count). The first-order valence-corrected chi connectivity index (χ1v) is 13.3. The normalized spacial score (nSPS) is 13.9. The average molecular weight is 602 g/mol. The van der Waals surface area contributed by atoms with Crippen molar-refractivity contribution in [2.24, 2.45) is 0 Å². The van der Waals surface area contributed by atoms with Crippen LogP contribution in [0.25, 0.3) is 6.08 Å². The first kappa shape index (κ1) is 29.6. The SMILES string of the molecule is CCOc1cc(/C=C2\SC(=O)N(CC(=O)Nc3ccccc3F)C2=O)cc(Cl)c1OCC(=O)Nc1ccc(F)cc1. The molecule has 3 aromatic rings. The van der Waals surface area contributed by atoms with Crippen molar-refractivity contribution in [3.05, 3.63) is 87.8 Å². The number of hydrogen-bond acceptors (Lipinski definition) is 7. The highest BCUT2D eigenvalue weighted by molar-refractivity contribution is 8.18. The molecular weight excluding hydrogens is 580 g/mol.